The van der Waals surface area contributed by atoms with Crippen molar-refractivity contribution in [3.8, 4) is 6.07 Å². The quantitative estimate of drug-likeness (QED) is 0.626. The van der Waals surface area contributed by atoms with E-state index in [1.165, 1.54) is 0 Å². The van der Waals surface area contributed by atoms with Crippen molar-refractivity contribution in [2.45, 2.75) is 25.7 Å². The topological polar surface area (TPSA) is 75.9 Å². The summed E-state index contributed by atoms with van der Waals surface area (Å²) in [6, 6.07) is 9.02. The summed E-state index contributed by atoms with van der Waals surface area (Å²) in [6.45, 7) is 2.27. The molecule has 2 rings (SSSR count). The molecule has 1 atom stereocenters. The van der Waals surface area contributed by atoms with Crippen molar-refractivity contribution in [2.24, 2.45) is 0 Å². The molecule has 0 saturated carbocycles. The molecule has 0 spiro atoms. The van der Waals surface area contributed by atoms with E-state index in [1.54, 1.807) is 18.2 Å². The Hall–Kier alpha value is -2.19. The van der Waals surface area contributed by atoms with Crippen LogP contribution in [-0.4, -0.2) is 22.5 Å². The Bertz CT molecular complexity index is 697. The molecule has 0 amide bonds. The van der Waals surface area contributed by atoms with Gasteiger partial charge in [0.25, 0.3) is 0 Å². The third-order valence-corrected chi connectivity index (χ3v) is 3.21. The van der Waals surface area contributed by atoms with Crippen LogP contribution in [0.15, 0.2) is 24.3 Å². The first-order valence-corrected chi connectivity index (χ1v) is 7.03. The molecule has 1 heterocycles. The highest BCUT2D eigenvalue weighted by molar-refractivity contribution is 6.30. The monoisotopic (exact) mass is 303 g/mol. The lowest BCUT2D eigenvalue weighted by Crippen LogP contribution is -2.17. The number of ether oxygens (including phenoxy) is 1. The molecule has 2 aromatic rings. The fourth-order valence-electron chi connectivity index (χ4n) is 1.80. The summed E-state index contributed by atoms with van der Waals surface area (Å²) in [4.78, 5) is 20.4. The Morgan fingerprint density at radius 2 is 2.05 bits per heavy atom. The molecule has 5 nitrogen and oxygen atoms in total. The summed E-state index contributed by atoms with van der Waals surface area (Å²) in [7, 11) is 0. The number of unbranched alkanes of at least 4 members (excludes halogenated alkanes) is 1. The van der Waals surface area contributed by atoms with Gasteiger partial charge in [0.2, 0.25) is 0 Å². The smallest absolute Gasteiger partial charge is 0.329 e. The highest BCUT2D eigenvalue weighted by Crippen LogP contribution is 2.24. The molecule has 0 bridgehead atoms. The maximum absolute atomic E-state index is 12.0. The van der Waals surface area contributed by atoms with Crippen LogP contribution < -0.4 is 0 Å². The lowest BCUT2D eigenvalue weighted by molar-refractivity contribution is -0.144. The molecule has 0 N–H and O–H groups in total. The van der Waals surface area contributed by atoms with Crippen molar-refractivity contribution < 1.29 is 9.53 Å². The van der Waals surface area contributed by atoms with Gasteiger partial charge in [-0.15, -0.1) is 0 Å². The maximum atomic E-state index is 12.0. The number of halogens is 1. The number of fused-ring (bicyclic) bond motifs is 1. The molecule has 0 aliphatic rings. The van der Waals surface area contributed by atoms with Gasteiger partial charge in [0.15, 0.2) is 11.1 Å². The normalized spacial score (nSPS) is 11.9. The van der Waals surface area contributed by atoms with Crippen LogP contribution in [0.25, 0.3) is 11.0 Å². The first kappa shape index (κ1) is 15.2. The van der Waals surface area contributed by atoms with Gasteiger partial charge in [-0.25, -0.2) is 9.97 Å². The zero-order chi connectivity index (χ0) is 15.2. The van der Waals surface area contributed by atoms with Crippen LogP contribution in [0.3, 0.4) is 0 Å². The number of rotatable bonds is 5. The fourth-order valence-corrected chi connectivity index (χ4v) is 2.04. The van der Waals surface area contributed by atoms with Crippen molar-refractivity contribution in [3.63, 3.8) is 0 Å². The molecule has 0 fully saturated rings. The van der Waals surface area contributed by atoms with Crippen LogP contribution in [0, 0.1) is 11.3 Å². The van der Waals surface area contributed by atoms with Crippen molar-refractivity contribution in [2.75, 3.05) is 6.61 Å². The number of carbonyl (C=O) groups is 1. The summed E-state index contributed by atoms with van der Waals surface area (Å²) >= 11 is 6.05. The van der Waals surface area contributed by atoms with Gasteiger partial charge in [-0.2, -0.15) is 5.26 Å². The average molecular weight is 304 g/mol. The van der Waals surface area contributed by atoms with Crippen LogP contribution in [-0.2, 0) is 9.53 Å². The highest BCUT2D eigenvalue weighted by Gasteiger charge is 2.27. The van der Waals surface area contributed by atoms with Crippen molar-refractivity contribution in [1.82, 2.24) is 9.97 Å². The number of hydrogen-bond donors (Lipinski definition) is 0. The number of aromatic nitrogens is 2. The summed E-state index contributed by atoms with van der Waals surface area (Å²) in [5, 5.41) is 9.27. The minimum Gasteiger partial charge on any atom is -0.464 e. The Balaban J connectivity index is 2.31. The Kier molecular flexibility index (Phi) is 5.07. The Labute approximate surface area is 127 Å². The molecule has 1 aromatic carbocycles. The number of carbonyl (C=O) groups excluding carboxylic acids is 1. The molecule has 21 heavy (non-hydrogen) atoms. The van der Waals surface area contributed by atoms with Gasteiger partial charge >= 0.3 is 5.97 Å². The van der Waals surface area contributed by atoms with Gasteiger partial charge in [-0.05, 0) is 18.6 Å². The van der Waals surface area contributed by atoms with E-state index in [0.717, 1.165) is 12.8 Å². The number of nitriles is 1. The predicted octanol–water partition coefficient (Wildman–Crippen LogP) is 3.23. The molecule has 1 aromatic heterocycles. The van der Waals surface area contributed by atoms with Gasteiger partial charge < -0.3 is 4.74 Å². The van der Waals surface area contributed by atoms with Crippen LogP contribution >= 0.6 is 11.6 Å². The number of esters is 1. The second-order valence-corrected chi connectivity index (χ2v) is 4.83. The van der Waals surface area contributed by atoms with E-state index in [9.17, 15) is 10.1 Å². The van der Waals surface area contributed by atoms with E-state index in [2.05, 4.69) is 9.97 Å². The third-order valence-electron chi connectivity index (χ3n) is 2.93. The number of benzene rings is 1. The number of hydrogen-bond acceptors (Lipinski definition) is 5. The summed E-state index contributed by atoms with van der Waals surface area (Å²) in [5.74, 6) is -1.80. The second-order valence-electron chi connectivity index (χ2n) is 4.47. The van der Waals surface area contributed by atoms with E-state index >= 15 is 0 Å². The second kappa shape index (κ2) is 7.00. The minimum atomic E-state index is -1.16. The average Bonchev–Trinajstić information content (AvgIpc) is 2.49. The highest BCUT2D eigenvalue weighted by atomic mass is 35.5. The van der Waals surface area contributed by atoms with Gasteiger partial charge in [-0.3, -0.25) is 4.79 Å². The summed E-state index contributed by atoms with van der Waals surface area (Å²) in [5.41, 5.74) is 1.33. The van der Waals surface area contributed by atoms with Crippen LogP contribution in [0.5, 0.6) is 0 Å². The Morgan fingerprint density at radius 3 is 2.67 bits per heavy atom. The van der Waals surface area contributed by atoms with Gasteiger partial charge in [-0.1, -0.05) is 37.1 Å². The van der Waals surface area contributed by atoms with Crippen LogP contribution in [0.2, 0.25) is 5.15 Å². The standard InChI is InChI=1S/C15H14ClN3O2/c1-2-3-8-21-15(20)10(9-17)13-14(16)19-12-7-5-4-6-11(12)18-13/h4-7,10H,2-3,8H2,1H3/t10-/m1/s1. The lowest BCUT2D eigenvalue weighted by atomic mass is 10.1. The molecule has 0 unspecified atom stereocenters. The van der Waals surface area contributed by atoms with Crippen molar-refractivity contribution in [1.29, 1.82) is 5.26 Å². The zero-order valence-electron chi connectivity index (χ0n) is 11.5. The molecule has 0 radical (unpaired) electrons. The molecule has 6 heteroatoms. The van der Waals surface area contributed by atoms with E-state index in [4.69, 9.17) is 16.3 Å². The van der Waals surface area contributed by atoms with Crippen molar-refractivity contribution >= 4 is 28.6 Å². The van der Waals surface area contributed by atoms with Gasteiger partial charge in [0.1, 0.15) is 5.69 Å². The van der Waals surface area contributed by atoms with Gasteiger partial charge in [0, 0.05) is 0 Å². The molecule has 0 saturated heterocycles. The maximum Gasteiger partial charge on any atom is 0.329 e. The number of nitrogens with zero attached hydrogens (tertiary/aromatic N) is 3. The summed E-state index contributed by atoms with van der Waals surface area (Å²) in [6.07, 6.45) is 1.65. The Morgan fingerprint density at radius 1 is 1.38 bits per heavy atom. The van der Waals surface area contributed by atoms with E-state index in [1.807, 2.05) is 19.1 Å². The first-order valence-electron chi connectivity index (χ1n) is 6.65. The van der Waals surface area contributed by atoms with Gasteiger partial charge in [0.05, 0.1) is 23.7 Å². The molecular weight excluding hydrogens is 290 g/mol. The predicted molar refractivity (Wildman–Crippen MR) is 78.8 cm³/mol. The largest absolute Gasteiger partial charge is 0.464 e. The summed E-state index contributed by atoms with van der Waals surface area (Å²) < 4.78 is 5.07. The molecule has 0 aliphatic heterocycles. The third kappa shape index (κ3) is 3.47. The fraction of sp³-hybridized carbons (Fsp3) is 0.333. The zero-order valence-corrected chi connectivity index (χ0v) is 12.3. The lowest BCUT2D eigenvalue weighted by Gasteiger charge is -2.10. The van der Waals surface area contributed by atoms with E-state index < -0.39 is 11.9 Å². The van der Waals surface area contributed by atoms with Crippen LogP contribution in [0.4, 0.5) is 0 Å². The minimum absolute atomic E-state index is 0.0488. The SMILES string of the molecule is CCCCOC(=O)[C@H](C#N)c1nc2ccccc2nc1Cl. The number of para-hydroxylation sites is 2. The van der Waals surface area contributed by atoms with E-state index in [-0.39, 0.29) is 17.5 Å². The first-order chi connectivity index (χ1) is 10.2. The molecule has 108 valence electrons. The molecule has 0 aliphatic carbocycles. The molecular formula is C15H14ClN3O2. The van der Waals surface area contributed by atoms with Crippen molar-refractivity contribution in [3.05, 3.63) is 35.1 Å². The van der Waals surface area contributed by atoms with Crippen LogP contribution in [0.1, 0.15) is 31.4 Å². The van der Waals surface area contributed by atoms with E-state index in [0.29, 0.717) is 11.0 Å².